The fraction of sp³-hybridized carbons (Fsp3) is 0.467. The van der Waals surface area contributed by atoms with E-state index in [4.69, 9.17) is 11.5 Å². The van der Waals surface area contributed by atoms with E-state index in [-0.39, 0.29) is 5.56 Å². The SMILES string of the molecule is Cc1cc(S(=O)(=O)C2CCCC2)c(C(F)(F)F)cc1C(=O)N=C(N)N. The normalized spacial score (nSPS) is 16.0. The Morgan fingerprint density at radius 2 is 1.76 bits per heavy atom. The van der Waals surface area contributed by atoms with Crippen molar-refractivity contribution in [1.29, 1.82) is 0 Å². The number of aliphatic imine (C=N–C) groups is 1. The second kappa shape index (κ2) is 6.66. The Hall–Kier alpha value is -2.10. The van der Waals surface area contributed by atoms with Crippen LogP contribution in [-0.4, -0.2) is 25.5 Å². The van der Waals surface area contributed by atoms with Gasteiger partial charge in [0.15, 0.2) is 15.8 Å². The Balaban J connectivity index is 2.67. The minimum absolute atomic E-state index is 0.0552. The molecule has 1 aliphatic rings. The molecule has 1 saturated carbocycles. The molecule has 10 heteroatoms. The summed E-state index contributed by atoms with van der Waals surface area (Å²) in [6.45, 7) is 1.34. The summed E-state index contributed by atoms with van der Waals surface area (Å²) in [4.78, 5) is 14.3. The highest BCUT2D eigenvalue weighted by Gasteiger charge is 2.41. The van der Waals surface area contributed by atoms with Gasteiger partial charge in [-0.2, -0.15) is 18.2 Å². The third kappa shape index (κ3) is 3.94. The lowest BCUT2D eigenvalue weighted by atomic mass is 10.0. The van der Waals surface area contributed by atoms with Crippen LogP contribution in [0.25, 0.3) is 0 Å². The maximum atomic E-state index is 13.4. The van der Waals surface area contributed by atoms with Gasteiger partial charge >= 0.3 is 6.18 Å². The van der Waals surface area contributed by atoms with Gasteiger partial charge in [-0.15, -0.1) is 0 Å². The lowest BCUT2D eigenvalue weighted by molar-refractivity contribution is -0.139. The highest BCUT2D eigenvalue weighted by molar-refractivity contribution is 7.92. The van der Waals surface area contributed by atoms with Crippen molar-refractivity contribution in [2.45, 2.75) is 48.9 Å². The first-order valence-electron chi connectivity index (χ1n) is 7.54. The number of carbonyl (C=O) groups excluding carboxylic acids is 1. The molecule has 0 aromatic heterocycles. The van der Waals surface area contributed by atoms with Crippen LogP contribution in [0.4, 0.5) is 13.2 Å². The number of guanidine groups is 1. The number of rotatable bonds is 3. The van der Waals surface area contributed by atoms with Crippen LogP contribution >= 0.6 is 0 Å². The van der Waals surface area contributed by atoms with Crippen molar-refractivity contribution in [3.63, 3.8) is 0 Å². The number of halogens is 3. The predicted molar refractivity (Wildman–Crippen MR) is 85.8 cm³/mol. The summed E-state index contributed by atoms with van der Waals surface area (Å²) in [5, 5.41) is -0.841. The number of nitrogens with zero attached hydrogens (tertiary/aromatic N) is 1. The van der Waals surface area contributed by atoms with E-state index in [1.165, 1.54) is 6.92 Å². The van der Waals surface area contributed by atoms with E-state index in [0.717, 1.165) is 6.07 Å². The number of hydrogen-bond donors (Lipinski definition) is 2. The quantitative estimate of drug-likeness (QED) is 0.618. The number of hydrogen-bond acceptors (Lipinski definition) is 3. The van der Waals surface area contributed by atoms with E-state index in [1.54, 1.807) is 0 Å². The van der Waals surface area contributed by atoms with Crippen LogP contribution in [0.3, 0.4) is 0 Å². The lowest BCUT2D eigenvalue weighted by Gasteiger charge is -2.18. The molecule has 0 bridgehead atoms. The van der Waals surface area contributed by atoms with Crippen LogP contribution in [0.1, 0.15) is 47.2 Å². The van der Waals surface area contributed by atoms with E-state index in [0.29, 0.717) is 31.7 Å². The molecular weight excluding hydrogens is 359 g/mol. The third-order valence-electron chi connectivity index (χ3n) is 4.14. The van der Waals surface area contributed by atoms with Gasteiger partial charge in [-0.1, -0.05) is 12.8 Å². The summed E-state index contributed by atoms with van der Waals surface area (Å²) >= 11 is 0. The Morgan fingerprint density at radius 1 is 1.20 bits per heavy atom. The molecule has 2 rings (SSSR count). The minimum atomic E-state index is -4.94. The Kier molecular flexibility index (Phi) is 5.12. The molecule has 25 heavy (non-hydrogen) atoms. The fourth-order valence-electron chi connectivity index (χ4n) is 2.92. The second-order valence-corrected chi connectivity index (χ2v) is 8.15. The van der Waals surface area contributed by atoms with Gasteiger partial charge in [0.05, 0.1) is 15.7 Å². The zero-order chi connectivity index (χ0) is 19.0. The molecule has 0 unspecified atom stereocenters. The number of alkyl halides is 3. The summed E-state index contributed by atoms with van der Waals surface area (Å²) in [5.74, 6) is -1.66. The van der Waals surface area contributed by atoms with Gasteiger partial charge < -0.3 is 11.5 Å². The van der Waals surface area contributed by atoms with Crippen molar-refractivity contribution >= 4 is 21.7 Å². The smallest absolute Gasteiger partial charge is 0.370 e. The highest BCUT2D eigenvalue weighted by Crippen LogP contribution is 2.39. The average Bonchev–Trinajstić information content (AvgIpc) is 2.99. The maximum Gasteiger partial charge on any atom is 0.417 e. The number of sulfone groups is 1. The van der Waals surface area contributed by atoms with Gasteiger partial charge in [0.1, 0.15) is 0 Å². The van der Waals surface area contributed by atoms with Crippen molar-refractivity contribution in [2.75, 3.05) is 0 Å². The lowest BCUT2D eigenvalue weighted by Crippen LogP contribution is -2.25. The van der Waals surface area contributed by atoms with E-state index in [1.807, 2.05) is 0 Å². The molecule has 0 spiro atoms. The van der Waals surface area contributed by atoms with Crippen LogP contribution < -0.4 is 11.5 Å². The second-order valence-electron chi connectivity index (χ2n) is 5.95. The van der Waals surface area contributed by atoms with E-state index >= 15 is 0 Å². The van der Waals surface area contributed by atoms with Crippen molar-refractivity contribution in [3.8, 4) is 0 Å². The van der Waals surface area contributed by atoms with E-state index in [2.05, 4.69) is 4.99 Å². The van der Waals surface area contributed by atoms with Crippen LogP contribution in [0, 0.1) is 6.92 Å². The fourth-order valence-corrected chi connectivity index (χ4v) is 5.06. The molecule has 4 N–H and O–H groups in total. The number of benzene rings is 1. The minimum Gasteiger partial charge on any atom is -0.370 e. The van der Waals surface area contributed by atoms with Crippen LogP contribution in [-0.2, 0) is 16.0 Å². The Bertz CT molecular complexity index is 822. The number of amides is 1. The molecule has 0 aliphatic heterocycles. The molecule has 1 amide bonds. The summed E-state index contributed by atoms with van der Waals surface area (Å²) in [7, 11) is -4.16. The maximum absolute atomic E-state index is 13.4. The zero-order valence-electron chi connectivity index (χ0n) is 13.4. The van der Waals surface area contributed by atoms with Gasteiger partial charge in [-0.05, 0) is 37.5 Å². The molecule has 0 saturated heterocycles. The van der Waals surface area contributed by atoms with Crippen LogP contribution in [0.15, 0.2) is 22.0 Å². The Labute approximate surface area is 143 Å². The van der Waals surface area contributed by atoms with Crippen LogP contribution in [0.5, 0.6) is 0 Å². The van der Waals surface area contributed by atoms with Crippen LogP contribution in [0.2, 0.25) is 0 Å². The third-order valence-corrected chi connectivity index (χ3v) is 6.44. The molecule has 1 fully saturated rings. The largest absolute Gasteiger partial charge is 0.417 e. The summed E-state index contributed by atoms with van der Waals surface area (Å²) < 4.78 is 65.6. The predicted octanol–water partition coefficient (Wildman–Crippen LogP) is 2.14. The molecule has 1 aromatic carbocycles. The summed E-state index contributed by atoms with van der Waals surface area (Å²) in [6.07, 6.45) is -2.97. The summed E-state index contributed by atoms with van der Waals surface area (Å²) in [6, 6.07) is 1.39. The van der Waals surface area contributed by atoms with Crippen molar-refractivity contribution in [3.05, 3.63) is 28.8 Å². The van der Waals surface area contributed by atoms with Gasteiger partial charge in [-0.3, -0.25) is 4.79 Å². The Morgan fingerprint density at radius 3 is 2.24 bits per heavy atom. The summed E-state index contributed by atoms with van der Waals surface area (Å²) in [5.41, 5.74) is 8.43. The highest BCUT2D eigenvalue weighted by atomic mass is 32.2. The topological polar surface area (TPSA) is 116 Å². The monoisotopic (exact) mass is 377 g/mol. The van der Waals surface area contributed by atoms with E-state index < -0.39 is 49.2 Å². The molecule has 0 atom stereocenters. The number of carbonyl (C=O) groups is 1. The molecule has 1 aliphatic carbocycles. The number of aryl methyl sites for hydroxylation is 1. The molecule has 138 valence electrons. The van der Waals surface area contributed by atoms with Gasteiger partial charge in [0.25, 0.3) is 5.91 Å². The van der Waals surface area contributed by atoms with Gasteiger partial charge in [-0.25, -0.2) is 8.42 Å². The van der Waals surface area contributed by atoms with Gasteiger partial charge in [0, 0.05) is 5.56 Å². The zero-order valence-corrected chi connectivity index (χ0v) is 14.2. The molecule has 0 heterocycles. The molecular formula is C15H18F3N3O3S. The molecule has 6 nitrogen and oxygen atoms in total. The number of nitrogens with two attached hydrogens (primary N) is 2. The van der Waals surface area contributed by atoms with Crippen molar-refractivity contribution in [1.82, 2.24) is 0 Å². The average molecular weight is 377 g/mol. The first-order chi connectivity index (χ1) is 11.4. The first-order valence-corrected chi connectivity index (χ1v) is 9.09. The first kappa shape index (κ1) is 19.2. The van der Waals surface area contributed by atoms with E-state index in [9.17, 15) is 26.4 Å². The van der Waals surface area contributed by atoms with Gasteiger partial charge in [0.2, 0.25) is 0 Å². The standard InChI is InChI=1S/C15H18F3N3O3S/c1-8-6-12(25(23,24)9-4-2-3-5-9)11(15(16,17)18)7-10(8)13(22)21-14(19)20/h6-7,9H,2-5H2,1H3,(H4,19,20,21,22). The van der Waals surface area contributed by atoms with Crippen molar-refractivity contribution in [2.24, 2.45) is 16.5 Å². The molecule has 0 radical (unpaired) electrons. The van der Waals surface area contributed by atoms with Crippen molar-refractivity contribution < 1.29 is 26.4 Å². The molecule has 1 aromatic rings.